The number of nitrogens with zero attached hydrogens (tertiary/aromatic N) is 1. The Hall–Kier alpha value is -1.55. The minimum absolute atomic E-state index is 0.0751. The van der Waals surface area contributed by atoms with Gasteiger partial charge >= 0.3 is 5.97 Å². The van der Waals surface area contributed by atoms with E-state index in [4.69, 9.17) is 4.74 Å². The average molecular weight is 275 g/mol. The monoisotopic (exact) mass is 275 g/mol. The number of rotatable bonds is 2. The highest BCUT2D eigenvalue weighted by Crippen LogP contribution is 2.43. The van der Waals surface area contributed by atoms with Gasteiger partial charge in [-0.2, -0.15) is 0 Å². The molecule has 0 aromatic heterocycles. The first kappa shape index (κ1) is 13.4. The number of hydrogen-bond donors (Lipinski definition) is 1. The predicted molar refractivity (Wildman–Crippen MR) is 75.8 cm³/mol. The zero-order valence-corrected chi connectivity index (χ0v) is 12.0. The van der Waals surface area contributed by atoms with Crippen molar-refractivity contribution >= 4 is 5.97 Å². The molecule has 0 saturated carbocycles. The molecule has 1 fully saturated rings. The standard InChI is InChI=1S/C16H21NO3/c1-10-9-20-14-6-4-3-5-13(14)15(10)17-8-7-12(11(17)2)16(18)19/h3-6,10-12,15H,7-9H2,1-2H3,(H,18,19). The molecule has 1 N–H and O–H groups in total. The number of carbonyl (C=O) groups is 1. The zero-order chi connectivity index (χ0) is 14.3. The maximum absolute atomic E-state index is 11.3. The fraction of sp³-hybridized carbons (Fsp3) is 0.562. The molecule has 1 aromatic carbocycles. The molecule has 0 aliphatic carbocycles. The normalized spacial score (nSPS) is 33.5. The molecule has 4 nitrogen and oxygen atoms in total. The van der Waals surface area contributed by atoms with Crippen molar-refractivity contribution in [2.24, 2.45) is 11.8 Å². The van der Waals surface area contributed by atoms with Crippen molar-refractivity contribution in [2.45, 2.75) is 32.4 Å². The molecule has 2 heterocycles. The molecule has 4 unspecified atom stereocenters. The Morgan fingerprint density at radius 1 is 1.35 bits per heavy atom. The van der Waals surface area contributed by atoms with Gasteiger partial charge in [0.15, 0.2) is 0 Å². The maximum Gasteiger partial charge on any atom is 0.308 e. The largest absolute Gasteiger partial charge is 0.493 e. The second kappa shape index (κ2) is 5.09. The lowest BCUT2D eigenvalue weighted by molar-refractivity contribution is -0.142. The van der Waals surface area contributed by atoms with Gasteiger partial charge in [-0.05, 0) is 26.0 Å². The minimum Gasteiger partial charge on any atom is -0.493 e. The van der Waals surface area contributed by atoms with Gasteiger partial charge in [0, 0.05) is 23.6 Å². The van der Waals surface area contributed by atoms with Crippen LogP contribution in [0.2, 0.25) is 0 Å². The average Bonchev–Trinajstić information content (AvgIpc) is 2.80. The molecule has 0 bridgehead atoms. The molecular weight excluding hydrogens is 254 g/mol. The summed E-state index contributed by atoms with van der Waals surface area (Å²) in [7, 11) is 0. The van der Waals surface area contributed by atoms with E-state index < -0.39 is 5.97 Å². The van der Waals surface area contributed by atoms with Crippen LogP contribution in [0.1, 0.15) is 31.9 Å². The number of fused-ring (bicyclic) bond motifs is 1. The molecule has 3 rings (SSSR count). The van der Waals surface area contributed by atoms with Crippen molar-refractivity contribution in [3.8, 4) is 5.75 Å². The van der Waals surface area contributed by atoms with Crippen LogP contribution in [0.3, 0.4) is 0 Å². The first-order valence-corrected chi connectivity index (χ1v) is 7.30. The van der Waals surface area contributed by atoms with Gasteiger partial charge in [0.1, 0.15) is 5.75 Å². The van der Waals surface area contributed by atoms with Crippen molar-refractivity contribution in [1.29, 1.82) is 0 Å². The molecule has 1 saturated heterocycles. The van der Waals surface area contributed by atoms with Gasteiger partial charge in [0.05, 0.1) is 12.5 Å². The van der Waals surface area contributed by atoms with Crippen LogP contribution < -0.4 is 4.74 Å². The lowest BCUT2D eigenvalue weighted by Crippen LogP contribution is -2.41. The van der Waals surface area contributed by atoms with Gasteiger partial charge in [-0.1, -0.05) is 25.1 Å². The summed E-state index contributed by atoms with van der Waals surface area (Å²) in [6.07, 6.45) is 0.739. The third-order valence-electron chi connectivity index (χ3n) is 4.76. The third-order valence-corrected chi connectivity index (χ3v) is 4.76. The van der Waals surface area contributed by atoms with Crippen LogP contribution in [0.15, 0.2) is 24.3 Å². The van der Waals surface area contributed by atoms with E-state index in [0.717, 1.165) is 18.7 Å². The van der Waals surface area contributed by atoms with E-state index in [2.05, 4.69) is 17.9 Å². The topological polar surface area (TPSA) is 49.8 Å². The number of hydrogen-bond acceptors (Lipinski definition) is 3. The van der Waals surface area contributed by atoms with Crippen LogP contribution in [-0.2, 0) is 4.79 Å². The SMILES string of the molecule is CC1COc2ccccc2C1N1CCC(C(=O)O)C1C. The molecule has 20 heavy (non-hydrogen) atoms. The highest BCUT2D eigenvalue weighted by atomic mass is 16.5. The van der Waals surface area contributed by atoms with E-state index in [1.807, 2.05) is 25.1 Å². The summed E-state index contributed by atoms with van der Waals surface area (Å²) in [5, 5.41) is 9.31. The summed E-state index contributed by atoms with van der Waals surface area (Å²) in [5.74, 6) is 0.395. The highest BCUT2D eigenvalue weighted by molar-refractivity contribution is 5.71. The molecule has 4 heteroatoms. The summed E-state index contributed by atoms with van der Waals surface area (Å²) < 4.78 is 5.79. The van der Waals surface area contributed by atoms with Crippen LogP contribution in [0.25, 0.3) is 0 Å². The van der Waals surface area contributed by atoms with E-state index in [0.29, 0.717) is 12.5 Å². The van der Waals surface area contributed by atoms with Gasteiger partial charge in [-0.3, -0.25) is 9.69 Å². The summed E-state index contributed by atoms with van der Waals surface area (Å²) >= 11 is 0. The Labute approximate surface area is 119 Å². The number of benzene rings is 1. The van der Waals surface area contributed by atoms with Crippen LogP contribution >= 0.6 is 0 Å². The quantitative estimate of drug-likeness (QED) is 0.901. The first-order valence-electron chi connectivity index (χ1n) is 7.30. The van der Waals surface area contributed by atoms with Gasteiger partial charge in [-0.25, -0.2) is 0 Å². The highest BCUT2D eigenvalue weighted by Gasteiger charge is 2.42. The lowest BCUT2D eigenvalue weighted by atomic mass is 9.89. The number of aliphatic carboxylic acids is 1. The zero-order valence-electron chi connectivity index (χ0n) is 12.0. The van der Waals surface area contributed by atoms with Gasteiger partial charge < -0.3 is 9.84 Å². The van der Waals surface area contributed by atoms with Crippen molar-refractivity contribution in [3.63, 3.8) is 0 Å². The fourth-order valence-corrected chi connectivity index (χ4v) is 3.67. The van der Waals surface area contributed by atoms with E-state index >= 15 is 0 Å². The molecule has 108 valence electrons. The summed E-state index contributed by atoms with van der Waals surface area (Å²) in [5.41, 5.74) is 1.20. The van der Waals surface area contributed by atoms with Crippen molar-refractivity contribution in [1.82, 2.24) is 4.90 Å². The van der Waals surface area contributed by atoms with Gasteiger partial charge in [0.2, 0.25) is 0 Å². The number of carboxylic acids is 1. The Bertz CT molecular complexity index is 516. The molecule has 0 radical (unpaired) electrons. The Morgan fingerprint density at radius 3 is 2.80 bits per heavy atom. The summed E-state index contributed by atoms with van der Waals surface area (Å²) in [6.45, 7) is 5.77. The third kappa shape index (κ3) is 2.08. The van der Waals surface area contributed by atoms with Crippen LogP contribution in [0.5, 0.6) is 5.75 Å². The Balaban J connectivity index is 1.92. The predicted octanol–water partition coefficient (Wildman–Crippen LogP) is 2.55. The summed E-state index contributed by atoms with van der Waals surface area (Å²) in [6, 6.07) is 8.47. The van der Waals surface area contributed by atoms with Crippen molar-refractivity contribution in [3.05, 3.63) is 29.8 Å². The van der Waals surface area contributed by atoms with Crippen LogP contribution in [0, 0.1) is 11.8 Å². The van der Waals surface area contributed by atoms with Gasteiger partial charge in [-0.15, -0.1) is 0 Å². The molecule has 0 spiro atoms. The number of para-hydroxylation sites is 1. The molecule has 1 aromatic rings. The smallest absolute Gasteiger partial charge is 0.308 e. The summed E-state index contributed by atoms with van der Waals surface area (Å²) in [4.78, 5) is 13.7. The van der Waals surface area contributed by atoms with Crippen LogP contribution in [-0.4, -0.2) is 35.2 Å². The lowest BCUT2D eigenvalue weighted by Gasteiger charge is -2.40. The van der Waals surface area contributed by atoms with Crippen molar-refractivity contribution < 1.29 is 14.6 Å². The Morgan fingerprint density at radius 2 is 2.10 bits per heavy atom. The second-order valence-electron chi connectivity index (χ2n) is 5.98. The number of likely N-dealkylation sites (tertiary alicyclic amines) is 1. The molecule has 2 aliphatic rings. The molecule has 4 atom stereocenters. The number of carboxylic acid groups (broad SMARTS) is 1. The number of ether oxygens (including phenoxy) is 1. The van der Waals surface area contributed by atoms with E-state index in [1.54, 1.807) is 0 Å². The fourth-order valence-electron chi connectivity index (χ4n) is 3.67. The van der Waals surface area contributed by atoms with E-state index in [1.165, 1.54) is 5.56 Å². The minimum atomic E-state index is -0.673. The van der Waals surface area contributed by atoms with E-state index in [-0.39, 0.29) is 18.0 Å². The first-order chi connectivity index (χ1) is 9.59. The van der Waals surface area contributed by atoms with E-state index in [9.17, 15) is 9.90 Å². The molecule has 0 amide bonds. The maximum atomic E-state index is 11.3. The molecule has 2 aliphatic heterocycles. The Kier molecular flexibility index (Phi) is 3.42. The molecular formula is C16H21NO3. The van der Waals surface area contributed by atoms with Crippen LogP contribution in [0.4, 0.5) is 0 Å². The van der Waals surface area contributed by atoms with Gasteiger partial charge in [0.25, 0.3) is 0 Å². The second-order valence-corrected chi connectivity index (χ2v) is 5.98. The van der Waals surface area contributed by atoms with Crippen molar-refractivity contribution in [2.75, 3.05) is 13.2 Å².